The lowest BCUT2D eigenvalue weighted by molar-refractivity contribution is -0.140. The summed E-state index contributed by atoms with van der Waals surface area (Å²) in [6, 6.07) is 0. The SMILES string of the molecule is CCC=C(C)C.O=C(O)CO. The molecule has 0 spiro atoms. The Bertz CT molecular complexity index is 123. The first-order valence-corrected chi connectivity index (χ1v) is 3.50. The van der Waals surface area contributed by atoms with Gasteiger partial charge in [0.15, 0.2) is 0 Å². The summed E-state index contributed by atoms with van der Waals surface area (Å²) in [6.07, 6.45) is 3.38. The third-order valence-electron chi connectivity index (χ3n) is 0.748. The second-order valence-corrected chi connectivity index (χ2v) is 2.24. The Morgan fingerprint density at radius 1 is 1.45 bits per heavy atom. The molecule has 0 unspecified atom stereocenters. The van der Waals surface area contributed by atoms with Crippen LogP contribution in [0.1, 0.15) is 27.2 Å². The molecule has 0 saturated carbocycles. The Morgan fingerprint density at radius 3 is 1.82 bits per heavy atom. The summed E-state index contributed by atoms with van der Waals surface area (Å²) < 4.78 is 0. The fraction of sp³-hybridized carbons (Fsp3) is 0.625. The molecule has 3 nitrogen and oxygen atoms in total. The van der Waals surface area contributed by atoms with E-state index in [0.29, 0.717) is 0 Å². The van der Waals surface area contributed by atoms with Gasteiger partial charge in [0.05, 0.1) is 0 Å². The van der Waals surface area contributed by atoms with Crippen LogP contribution in [0.25, 0.3) is 0 Å². The number of rotatable bonds is 2. The van der Waals surface area contributed by atoms with Crippen LogP contribution in [0.15, 0.2) is 11.6 Å². The fourth-order valence-electron chi connectivity index (χ4n) is 0.408. The number of hydrogen-bond acceptors (Lipinski definition) is 2. The highest BCUT2D eigenvalue weighted by atomic mass is 16.4. The van der Waals surface area contributed by atoms with Crippen LogP contribution < -0.4 is 0 Å². The van der Waals surface area contributed by atoms with Gasteiger partial charge in [0, 0.05) is 0 Å². The Labute approximate surface area is 67.4 Å². The number of carbonyl (C=O) groups is 1. The molecule has 11 heavy (non-hydrogen) atoms. The summed E-state index contributed by atoms with van der Waals surface area (Å²) >= 11 is 0. The molecule has 0 heterocycles. The zero-order valence-corrected chi connectivity index (χ0v) is 7.29. The highest BCUT2D eigenvalue weighted by molar-refractivity contribution is 5.67. The van der Waals surface area contributed by atoms with Gasteiger partial charge < -0.3 is 10.2 Å². The van der Waals surface area contributed by atoms with Crippen molar-refractivity contribution in [3.63, 3.8) is 0 Å². The van der Waals surface area contributed by atoms with Crippen molar-refractivity contribution >= 4 is 5.97 Å². The fourth-order valence-corrected chi connectivity index (χ4v) is 0.408. The summed E-state index contributed by atoms with van der Waals surface area (Å²) in [5.74, 6) is -1.19. The maximum Gasteiger partial charge on any atom is 0.329 e. The van der Waals surface area contributed by atoms with Gasteiger partial charge in [-0.3, -0.25) is 0 Å². The van der Waals surface area contributed by atoms with E-state index in [2.05, 4.69) is 26.8 Å². The van der Waals surface area contributed by atoms with Crippen molar-refractivity contribution in [3.05, 3.63) is 11.6 Å². The average molecular weight is 160 g/mol. The van der Waals surface area contributed by atoms with Crippen LogP contribution >= 0.6 is 0 Å². The minimum atomic E-state index is -1.19. The molecule has 0 aromatic carbocycles. The van der Waals surface area contributed by atoms with E-state index in [0.717, 1.165) is 0 Å². The van der Waals surface area contributed by atoms with E-state index < -0.39 is 12.6 Å². The van der Waals surface area contributed by atoms with E-state index in [1.54, 1.807) is 0 Å². The highest BCUT2D eigenvalue weighted by Crippen LogP contribution is 1.89. The number of aliphatic hydroxyl groups is 1. The monoisotopic (exact) mass is 160 g/mol. The van der Waals surface area contributed by atoms with Crippen LogP contribution in [0.3, 0.4) is 0 Å². The van der Waals surface area contributed by atoms with E-state index in [1.165, 1.54) is 12.0 Å². The standard InChI is InChI=1S/C6H12.C2H4O3/c1-4-5-6(2)3;3-1-2(4)5/h5H,4H2,1-3H3;3H,1H2,(H,4,5). The minimum absolute atomic E-state index is 0.778. The molecule has 0 aromatic rings. The molecule has 0 atom stereocenters. The summed E-state index contributed by atoms with van der Waals surface area (Å²) in [6.45, 7) is 5.60. The number of aliphatic hydroxyl groups excluding tert-OH is 1. The first kappa shape index (κ1) is 12.8. The van der Waals surface area contributed by atoms with Gasteiger partial charge in [-0.05, 0) is 20.3 Å². The van der Waals surface area contributed by atoms with Crippen molar-refractivity contribution in [1.29, 1.82) is 0 Å². The molecule has 3 heteroatoms. The predicted octanol–water partition coefficient (Wildman–Crippen LogP) is 1.43. The van der Waals surface area contributed by atoms with Crippen LogP contribution in [0, 0.1) is 0 Å². The number of carboxylic acids is 1. The lowest BCUT2D eigenvalue weighted by atomic mass is 10.3. The van der Waals surface area contributed by atoms with Gasteiger partial charge in [0.25, 0.3) is 0 Å². The number of hydrogen-bond donors (Lipinski definition) is 2. The second kappa shape index (κ2) is 9.17. The van der Waals surface area contributed by atoms with E-state index in [1.807, 2.05) is 0 Å². The van der Waals surface area contributed by atoms with E-state index in [9.17, 15) is 0 Å². The van der Waals surface area contributed by atoms with Crippen LogP contribution in [-0.2, 0) is 4.79 Å². The van der Waals surface area contributed by atoms with Crippen molar-refractivity contribution in [2.45, 2.75) is 27.2 Å². The second-order valence-electron chi connectivity index (χ2n) is 2.24. The smallest absolute Gasteiger partial charge is 0.329 e. The number of allylic oxidation sites excluding steroid dienone is 2. The summed E-state index contributed by atoms with van der Waals surface area (Å²) in [7, 11) is 0. The van der Waals surface area contributed by atoms with Crippen LogP contribution in [0.4, 0.5) is 0 Å². The summed E-state index contributed by atoms with van der Waals surface area (Å²) in [4.78, 5) is 9.12. The Balaban J connectivity index is 0. The van der Waals surface area contributed by atoms with E-state index in [-0.39, 0.29) is 0 Å². The van der Waals surface area contributed by atoms with Gasteiger partial charge >= 0.3 is 5.97 Å². The Kier molecular flexibility index (Phi) is 10.7. The average Bonchev–Trinajstić information content (AvgIpc) is 1.89. The lowest BCUT2D eigenvalue weighted by Crippen LogP contribution is -1.98. The van der Waals surface area contributed by atoms with Crippen molar-refractivity contribution in [2.75, 3.05) is 6.61 Å². The topological polar surface area (TPSA) is 57.5 Å². The maximum atomic E-state index is 9.12. The zero-order valence-electron chi connectivity index (χ0n) is 7.29. The number of carboxylic acid groups (broad SMARTS) is 1. The van der Waals surface area contributed by atoms with E-state index >= 15 is 0 Å². The maximum absolute atomic E-state index is 9.12. The first-order valence-electron chi connectivity index (χ1n) is 3.50. The van der Waals surface area contributed by atoms with Gasteiger partial charge in [-0.15, -0.1) is 0 Å². The van der Waals surface area contributed by atoms with Gasteiger partial charge in [-0.1, -0.05) is 18.6 Å². The van der Waals surface area contributed by atoms with Crippen LogP contribution in [0.2, 0.25) is 0 Å². The Morgan fingerprint density at radius 2 is 1.82 bits per heavy atom. The third-order valence-corrected chi connectivity index (χ3v) is 0.748. The minimum Gasteiger partial charge on any atom is -0.480 e. The van der Waals surface area contributed by atoms with Gasteiger partial charge in [-0.25, -0.2) is 4.79 Å². The van der Waals surface area contributed by atoms with Crippen molar-refractivity contribution < 1.29 is 15.0 Å². The van der Waals surface area contributed by atoms with E-state index in [4.69, 9.17) is 15.0 Å². The van der Waals surface area contributed by atoms with Crippen molar-refractivity contribution in [2.24, 2.45) is 0 Å². The van der Waals surface area contributed by atoms with Gasteiger partial charge in [-0.2, -0.15) is 0 Å². The molecule has 66 valence electrons. The van der Waals surface area contributed by atoms with Gasteiger partial charge in [0.1, 0.15) is 6.61 Å². The molecule has 0 bridgehead atoms. The largest absolute Gasteiger partial charge is 0.480 e. The van der Waals surface area contributed by atoms with Crippen molar-refractivity contribution in [1.82, 2.24) is 0 Å². The van der Waals surface area contributed by atoms with Crippen LogP contribution in [-0.4, -0.2) is 22.8 Å². The highest BCUT2D eigenvalue weighted by Gasteiger charge is 1.82. The normalized spacial score (nSPS) is 7.64. The molecule has 0 aliphatic heterocycles. The molecule has 0 saturated heterocycles. The quantitative estimate of drug-likeness (QED) is 0.601. The number of aliphatic carboxylic acids is 1. The molecule has 0 rings (SSSR count). The molecule has 0 aliphatic rings. The molecule has 0 fully saturated rings. The molecule has 0 amide bonds. The molecular formula is C8H16O3. The Hall–Kier alpha value is -0.830. The summed E-state index contributed by atoms with van der Waals surface area (Å²) in [5, 5.41) is 15.0. The first-order chi connectivity index (χ1) is 5.04. The zero-order chi connectivity index (χ0) is 9.28. The molecule has 2 N–H and O–H groups in total. The van der Waals surface area contributed by atoms with Crippen LogP contribution in [0.5, 0.6) is 0 Å². The van der Waals surface area contributed by atoms with Crippen molar-refractivity contribution in [3.8, 4) is 0 Å². The predicted molar refractivity (Wildman–Crippen MR) is 44.4 cm³/mol. The third kappa shape index (κ3) is 27.1. The van der Waals surface area contributed by atoms with Gasteiger partial charge in [0.2, 0.25) is 0 Å². The lowest BCUT2D eigenvalue weighted by Gasteiger charge is -1.80. The molecule has 0 aliphatic carbocycles. The molecular weight excluding hydrogens is 144 g/mol. The molecule has 0 aromatic heterocycles. The summed E-state index contributed by atoms with van der Waals surface area (Å²) in [5.41, 5.74) is 1.41. The molecule has 0 radical (unpaired) electrons.